The summed E-state index contributed by atoms with van der Waals surface area (Å²) in [7, 11) is -3.44. The number of anilines is 1. The minimum absolute atomic E-state index is 0.0781. The van der Waals surface area contributed by atoms with E-state index in [1.165, 1.54) is 6.08 Å². The van der Waals surface area contributed by atoms with Gasteiger partial charge in [-0.1, -0.05) is 18.2 Å². The molecular formula is C18H17IN2O3S. The molecule has 0 atom stereocenters. The maximum absolute atomic E-state index is 12.1. The summed E-state index contributed by atoms with van der Waals surface area (Å²) >= 11 is 2.18. The number of carbonyl (C=O) groups excluding carboxylic acids is 1. The third-order valence-corrected chi connectivity index (χ3v) is 5.82. The molecule has 7 heteroatoms. The van der Waals surface area contributed by atoms with E-state index in [-0.39, 0.29) is 16.8 Å². The van der Waals surface area contributed by atoms with Crippen molar-refractivity contribution in [3.8, 4) is 0 Å². The van der Waals surface area contributed by atoms with Crippen LogP contribution in [0.4, 0.5) is 5.69 Å². The Labute approximate surface area is 160 Å². The number of hydrogen-bond donors (Lipinski definition) is 2. The van der Waals surface area contributed by atoms with Crippen molar-refractivity contribution in [1.82, 2.24) is 4.72 Å². The van der Waals surface area contributed by atoms with E-state index in [2.05, 4.69) is 32.6 Å². The molecule has 1 aliphatic rings. The Morgan fingerprint density at radius 1 is 1.12 bits per heavy atom. The zero-order valence-electron chi connectivity index (χ0n) is 13.3. The van der Waals surface area contributed by atoms with E-state index >= 15 is 0 Å². The highest BCUT2D eigenvalue weighted by Gasteiger charge is 2.27. The van der Waals surface area contributed by atoms with Crippen molar-refractivity contribution in [2.45, 2.75) is 23.8 Å². The van der Waals surface area contributed by atoms with E-state index in [0.29, 0.717) is 0 Å². The second kappa shape index (κ2) is 7.67. The van der Waals surface area contributed by atoms with Gasteiger partial charge in [0.15, 0.2) is 0 Å². The smallest absolute Gasteiger partial charge is 0.248 e. The summed E-state index contributed by atoms with van der Waals surface area (Å²) in [4.78, 5) is 12.2. The van der Waals surface area contributed by atoms with Gasteiger partial charge in [0, 0.05) is 21.4 Å². The molecule has 0 aliphatic heterocycles. The fourth-order valence-corrected chi connectivity index (χ4v) is 4.02. The molecule has 0 aromatic heterocycles. The van der Waals surface area contributed by atoms with Crippen molar-refractivity contribution in [1.29, 1.82) is 0 Å². The van der Waals surface area contributed by atoms with E-state index in [4.69, 9.17) is 0 Å². The Morgan fingerprint density at radius 2 is 1.84 bits per heavy atom. The van der Waals surface area contributed by atoms with Crippen molar-refractivity contribution in [2.75, 3.05) is 5.32 Å². The molecule has 1 fully saturated rings. The SMILES string of the molecule is O=C(/C=C/c1ccc(S(=O)(=O)NC2CC2)cc1)Nc1cccc(I)c1. The van der Waals surface area contributed by atoms with Gasteiger partial charge in [0.05, 0.1) is 4.90 Å². The van der Waals surface area contributed by atoms with Gasteiger partial charge in [0.25, 0.3) is 0 Å². The highest BCUT2D eigenvalue weighted by molar-refractivity contribution is 14.1. The van der Waals surface area contributed by atoms with Crippen LogP contribution in [0, 0.1) is 3.57 Å². The normalized spacial score (nSPS) is 14.6. The Bertz CT molecular complexity index is 904. The van der Waals surface area contributed by atoms with Crippen LogP contribution in [0.15, 0.2) is 59.5 Å². The molecule has 0 saturated heterocycles. The van der Waals surface area contributed by atoms with Crippen LogP contribution in [0.1, 0.15) is 18.4 Å². The first kappa shape index (κ1) is 18.1. The van der Waals surface area contributed by atoms with Crippen molar-refractivity contribution in [3.63, 3.8) is 0 Å². The molecule has 1 amide bonds. The predicted octanol–water partition coefficient (Wildman–Crippen LogP) is 3.38. The zero-order chi connectivity index (χ0) is 17.9. The molecule has 2 aromatic carbocycles. The van der Waals surface area contributed by atoms with E-state index in [1.54, 1.807) is 30.3 Å². The standard InChI is InChI=1S/C18H17IN2O3S/c19-14-2-1-3-16(12-14)20-18(22)11-6-13-4-9-17(10-5-13)25(23,24)21-15-7-8-15/h1-6,9-12,15,21H,7-8H2,(H,20,22)/b11-6+. The summed E-state index contributed by atoms with van der Waals surface area (Å²) < 4.78 is 27.9. The van der Waals surface area contributed by atoms with Crippen molar-refractivity contribution >= 4 is 50.3 Å². The van der Waals surface area contributed by atoms with E-state index in [0.717, 1.165) is 27.7 Å². The van der Waals surface area contributed by atoms with E-state index in [9.17, 15) is 13.2 Å². The molecule has 0 radical (unpaired) electrons. The highest BCUT2D eigenvalue weighted by atomic mass is 127. The molecule has 0 spiro atoms. The number of rotatable bonds is 6. The van der Waals surface area contributed by atoms with Crippen molar-refractivity contribution in [3.05, 3.63) is 63.7 Å². The van der Waals surface area contributed by atoms with Crippen LogP contribution >= 0.6 is 22.6 Å². The Morgan fingerprint density at radius 3 is 2.48 bits per heavy atom. The molecule has 3 rings (SSSR count). The van der Waals surface area contributed by atoms with Crippen molar-refractivity contribution in [2.24, 2.45) is 0 Å². The maximum atomic E-state index is 12.1. The van der Waals surface area contributed by atoms with Crippen LogP contribution in [-0.4, -0.2) is 20.4 Å². The van der Waals surface area contributed by atoms with Crippen LogP contribution in [-0.2, 0) is 14.8 Å². The molecule has 1 saturated carbocycles. The van der Waals surface area contributed by atoms with Crippen LogP contribution in [0.5, 0.6) is 0 Å². The zero-order valence-corrected chi connectivity index (χ0v) is 16.3. The lowest BCUT2D eigenvalue weighted by molar-refractivity contribution is -0.111. The molecular weight excluding hydrogens is 451 g/mol. The molecule has 0 heterocycles. The quantitative estimate of drug-likeness (QED) is 0.505. The first-order valence-corrected chi connectivity index (χ1v) is 10.4. The lowest BCUT2D eigenvalue weighted by atomic mass is 10.2. The van der Waals surface area contributed by atoms with Gasteiger partial charge in [0.2, 0.25) is 15.9 Å². The summed E-state index contributed by atoms with van der Waals surface area (Å²) in [5, 5.41) is 2.78. The number of hydrogen-bond acceptors (Lipinski definition) is 3. The molecule has 0 unspecified atom stereocenters. The number of sulfonamides is 1. The van der Waals surface area contributed by atoms with Gasteiger partial charge in [-0.3, -0.25) is 4.79 Å². The van der Waals surface area contributed by atoms with E-state index < -0.39 is 10.0 Å². The summed E-state index contributed by atoms with van der Waals surface area (Å²) in [6.45, 7) is 0. The van der Waals surface area contributed by atoms with Gasteiger partial charge >= 0.3 is 0 Å². The molecule has 0 bridgehead atoms. The molecule has 25 heavy (non-hydrogen) atoms. The minimum Gasteiger partial charge on any atom is -0.322 e. The Balaban J connectivity index is 1.62. The number of amides is 1. The largest absolute Gasteiger partial charge is 0.322 e. The Hall–Kier alpha value is -1.71. The van der Waals surface area contributed by atoms with Crippen LogP contribution in [0.25, 0.3) is 6.08 Å². The third-order valence-electron chi connectivity index (χ3n) is 3.61. The molecule has 130 valence electrons. The lowest BCUT2D eigenvalue weighted by Crippen LogP contribution is -2.25. The van der Waals surface area contributed by atoms with Gasteiger partial charge in [-0.05, 0) is 77.4 Å². The van der Waals surface area contributed by atoms with Crippen LogP contribution < -0.4 is 10.0 Å². The summed E-state index contributed by atoms with van der Waals surface area (Å²) in [6.07, 6.45) is 4.87. The average molecular weight is 468 g/mol. The first-order chi connectivity index (χ1) is 11.9. The summed E-state index contributed by atoms with van der Waals surface area (Å²) in [5.74, 6) is -0.242. The molecule has 1 aliphatic carbocycles. The first-order valence-electron chi connectivity index (χ1n) is 7.79. The van der Waals surface area contributed by atoms with Gasteiger partial charge in [-0.25, -0.2) is 13.1 Å². The summed E-state index contributed by atoms with van der Waals surface area (Å²) in [6, 6.07) is 14.0. The topological polar surface area (TPSA) is 75.3 Å². The molecule has 2 N–H and O–H groups in total. The Kier molecular flexibility index (Phi) is 5.55. The molecule has 2 aromatic rings. The second-order valence-corrected chi connectivity index (χ2v) is 8.76. The predicted molar refractivity (Wildman–Crippen MR) is 107 cm³/mol. The van der Waals surface area contributed by atoms with Crippen LogP contribution in [0.2, 0.25) is 0 Å². The fourth-order valence-electron chi connectivity index (χ4n) is 2.17. The van der Waals surface area contributed by atoms with Gasteiger partial charge in [-0.15, -0.1) is 0 Å². The van der Waals surface area contributed by atoms with Gasteiger partial charge < -0.3 is 5.32 Å². The fraction of sp³-hybridized carbons (Fsp3) is 0.167. The number of halogens is 1. The minimum atomic E-state index is -3.44. The second-order valence-electron chi connectivity index (χ2n) is 5.80. The molecule has 5 nitrogen and oxygen atoms in total. The number of carbonyl (C=O) groups is 1. The highest BCUT2D eigenvalue weighted by Crippen LogP contribution is 2.22. The van der Waals surface area contributed by atoms with Crippen molar-refractivity contribution < 1.29 is 13.2 Å². The van der Waals surface area contributed by atoms with Crippen LogP contribution in [0.3, 0.4) is 0 Å². The third kappa shape index (κ3) is 5.38. The van der Waals surface area contributed by atoms with Gasteiger partial charge in [-0.2, -0.15) is 0 Å². The average Bonchev–Trinajstić information content (AvgIpc) is 3.37. The van der Waals surface area contributed by atoms with E-state index in [1.807, 2.05) is 24.3 Å². The number of benzene rings is 2. The maximum Gasteiger partial charge on any atom is 0.248 e. The number of nitrogens with one attached hydrogen (secondary N) is 2. The summed E-state index contributed by atoms with van der Waals surface area (Å²) in [5.41, 5.74) is 1.48. The lowest BCUT2D eigenvalue weighted by Gasteiger charge is -2.05. The monoisotopic (exact) mass is 468 g/mol. The van der Waals surface area contributed by atoms with Gasteiger partial charge in [0.1, 0.15) is 0 Å².